The van der Waals surface area contributed by atoms with Crippen LogP contribution in [0.4, 0.5) is 10.1 Å². The molecule has 0 saturated carbocycles. The molecule has 0 aliphatic rings. The molecule has 0 spiro atoms. The number of nitrogens with one attached hydrogen (secondary N) is 1. The van der Waals surface area contributed by atoms with Crippen LogP contribution in [0.3, 0.4) is 0 Å². The van der Waals surface area contributed by atoms with Gasteiger partial charge < -0.3 is 5.32 Å². The maximum Gasteiger partial charge on any atom is 0.147 e. The normalized spacial score (nSPS) is 12.2. The van der Waals surface area contributed by atoms with Gasteiger partial charge in [0.2, 0.25) is 0 Å². The third-order valence-electron chi connectivity index (χ3n) is 3.19. The molecule has 2 aromatic carbocycles. The number of hydrogen-bond acceptors (Lipinski definition) is 1. The first kappa shape index (κ1) is 14.1. The van der Waals surface area contributed by atoms with E-state index in [9.17, 15) is 4.39 Å². The van der Waals surface area contributed by atoms with Gasteiger partial charge in [0.05, 0.1) is 5.69 Å². The number of hydrogen-bond donors (Lipinski definition) is 1. The van der Waals surface area contributed by atoms with Crippen LogP contribution in [0.1, 0.15) is 24.8 Å². The van der Waals surface area contributed by atoms with Gasteiger partial charge in [-0.1, -0.05) is 53.2 Å². The van der Waals surface area contributed by atoms with Crippen LogP contribution in [0.2, 0.25) is 0 Å². The van der Waals surface area contributed by atoms with Gasteiger partial charge in [-0.05, 0) is 36.1 Å². The van der Waals surface area contributed by atoms with E-state index >= 15 is 0 Å². The Kier molecular flexibility index (Phi) is 4.97. The van der Waals surface area contributed by atoms with Crippen LogP contribution in [0.5, 0.6) is 0 Å². The number of benzene rings is 2. The molecule has 1 nitrogen and oxygen atoms in total. The molecule has 2 aromatic rings. The van der Waals surface area contributed by atoms with E-state index < -0.39 is 0 Å². The SMILES string of the molecule is CC(CCNc1ccc(Br)cc1F)c1ccccc1. The molecule has 1 unspecified atom stereocenters. The minimum atomic E-state index is -0.221. The molecule has 0 saturated heterocycles. The van der Waals surface area contributed by atoms with Crippen molar-refractivity contribution >= 4 is 21.6 Å². The molecule has 0 radical (unpaired) electrons. The highest BCUT2D eigenvalue weighted by atomic mass is 79.9. The van der Waals surface area contributed by atoms with Crippen molar-refractivity contribution in [1.29, 1.82) is 0 Å². The van der Waals surface area contributed by atoms with Crippen molar-refractivity contribution < 1.29 is 4.39 Å². The minimum Gasteiger partial charge on any atom is -0.383 e. The molecule has 19 heavy (non-hydrogen) atoms. The zero-order chi connectivity index (χ0) is 13.7. The second kappa shape index (κ2) is 6.71. The van der Waals surface area contributed by atoms with E-state index in [1.165, 1.54) is 11.6 Å². The van der Waals surface area contributed by atoms with Gasteiger partial charge in [-0.2, -0.15) is 0 Å². The second-order valence-corrected chi connectivity index (χ2v) is 5.57. The predicted octanol–water partition coefficient (Wildman–Crippen LogP) is 5.19. The van der Waals surface area contributed by atoms with Gasteiger partial charge in [0.1, 0.15) is 5.82 Å². The Morgan fingerprint density at radius 2 is 1.89 bits per heavy atom. The summed E-state index contributed by atoms with van der Waals surface area (Å²) in [7, 11) is 0. The summed E-state index contributed by atoms with van der Waals surface area (Å²) in [6.07, 6.45) is 0.972. The van der Waals surface area contributed by atoms with E-state index in [-0.39, 0.29) is 5.82 Å². The van der Waals surface area contributed by atoms with Crippen molar-refractivity contribution in [3.8, 4) is 0 Å². The summed E-state index contributed by atoms with van der Waals surface area (Å²) in [4.78, 5) is 0. The van der Waals surface area contributed by atoms with Crippen LogP contribution < -0.4 is 5.32 Å². The van der Waals surface area contributed by atoms with Gasteiger partial charge >= 0.3 is 0 Å². The van der Waals surface area contributed by atoms with E-state index in [0.29, 0.717) is 11.6 Å². The fraction of sp³-hybridized carbons (Fsp3) is 0.250. The Balaban J connectivity index is 1.86. The molecule has 0 aliphatic carbocycles. The maximum absolute atomic E-state index is 13.6. The quantitative estimate of drug-likeness (QED) is 0.798. The number of halogens is 2. The molecule has 2 rings (SSSR count). The first-order valence-corrected chi connectivity index (χ1v) is 7.20. The molecular formula is C16H17BrFN. The molecule has 1 N–H and O–H groups in total. The Morgan fingerprint density at radius 3 is 2.58 bits per heavy atom. The number of rotatable bonds is 5. The molecule has 0 fully saturated rings. The van der Waals surface area contributed by atoms with E-state index in [1.807, 2.05) is 24.3 Å². The molecular weight excluding hydrogens is 305 g/mol. The molecule has 0 heterocycles. The lowest BCUT2D eigenvalue weighted by Gasteiger charge is -2.13. The maximum atomic E-state index is 13.6. The van der Waals surface area contributed by atoms with E-state index in [0.717, 1.165) is 17.4 Å². The Morgan fingerprint density at radius 1 is 1.16 bits per heavy atom. The van der Waals surface area contributed by atoms with Crippen molar-refractivity contribution in [1.82, 2.24) is 0 Å². The molecule has 1 atom stereocenters. The van der Waals surface area contributed by atoms with Gasteiger partial charge in [-0.15, -0.1) is 0 Å². The Labute approximate surface area is 122 Å². The van der Waals surface area contributed by atoms with Crippen LogP contribution in [-0.2, 0) is 0 Å². The fourth-order valence-electron chi connectivity index (χ4n) is 2.00. The third kappa shape index (κ3) is 4.06. The van der Waals surface area contributed by atoms with Crippen LogP contribution in [0, 0.1) is 5.82 Å². The van der Waals surface area contributed by atoms with Crippen LogP contribution >= 0.6 is 15.9 Å². The van der Waals surface area contributed by atoms with Crippen LogP contribution in [0.15, 0.2) is 53.0 Å². The zero-order valence-electron chi connectivity index (χ0n) is 10.9. The second-order valence-electron chi connectivity index (χ2n) is 4.65. The van der Waals surface area contributed by atoms with Gasteiger partial charge in [-0.25, -0.2) is 4.39 Å². The van der Waals surface area contributed by atoms with Crippen molar-refractivity contribution in [2.45, 2.75) is 19.3 Å². The van der Waals surface area contributed by atoms with Gasteiger partial charge in [0, 0.05) is 11.0 Å². The molecule has 0 aliphatic heterocycles. The lowest BCUT2D eigenvalue weighted by Crippen LogP contribution is -2.07. The highest BCUT2D eigenvalue weighted by molar-refractivity contribution is 9.10. The summed E-state index contributed by atoms with van der Waals surface area (Å²) in [5, 5.41) is 3.14. The lowest BCUT2D eigenvalue weighted by atomic mass is 9.98. The van der Waals surface area contributed by atoms with Crippen molar-refractivity contribution in [3.05, 3.63) is 64.4 Å². The van der Waals surface area contributed by atoms with Crippen LogP contribution in [0.25, 0.3) is 0 Å². The van der Waals surface area contributed by atoms with Gasteiger partial charge in [-0.3, -0.25) is 0 Å². The molecule has 0 amide bonds. The fourth-order valence-corrected chi connectivity index (χ4v) is 2.34. The Bertz CT molecular complexity index is 528. The average molecular weight is 322 g/mol. The summed E-state index contributed by atoms with van der Waals surface area (Å²) < 4.78 is 14.4. The summed E-state index contributed by atoms with van der Waals surface area (Å²) in [5.74, 6) is 0.244. The third-order valence-corrected chi connectivity index (χ3v) is 3.69. The number of anilines is 1. The van der Waals surface area contributed by atoms with Crippen molar-refractivity contribution in [2.75, 3.05) is 11.9 Å². The molecule has 3 heteroatoms. The summed E-state index contributed by atoms with van der Waals surface area (Å²) in [6, 6.07) is 15.4. The highest BCUT2D eigenvalue weighted by Crippen LogP contribution is 2.21. The minimum absolute atomic E-state index is 0.221. The van der Waals surface area contributed by atoms with E-state index in [2.05, 4.69) is 40.3 Å². The topological polar surface area (TPSA) is 12.0 Å². The van der Waals surface area contributed by atoms with Crippen LogP contribution in [-0.4, -0.2) is 6.54 Å². The highest BCUT2D eigenvalue weighted by Gasteiger charge is 2.06. The first-order valence-electron chi connectivity index (χ1n) is 6.40. The zero-order valence-corrected chi connectivity index (χ0v) is 12.5. The van der Waals surface area contributed by atoms with Gasteiger partial charge in [0.15, 0.2) is 0 Å². The summed E-state index contributed by atoms with van der Waals surface area (Å²) in [6.45, 7) is 2.95. The lowest BCUT2D eigenvalue weighted by molar-refractivity contribution is 0.626. The smallest absolute Gasteiger partial charge is 0.147 e. The summed E-state index contributed by atoms with van der Waals surface area (Å²) >= 11 is 3.25. The molecule has 0 bridgehead atoms. The van der Waals surface area contributed by atoms with Crippen molar-refractivity contribution in [3.63, 3.8) is 0 Å². The largest absolute Gasteiger partial charge is 0.383 e. The molecule has 100 valence electrons. The van der Waals surface area contributed by atoms with E-state index in [1.54, 1.807) is 6.07 Å². The van der Waals surface area contributed by atoms with Gasteiger partial charge in [0.25, 0.3) is 0 Å². The van der Waals surface area contributed by atoms with E-state index in [4.69, 9.17) is 0 Å². The monoisotopic (exact) mass is 321 g/mol. The summed E-state index contributed by atoms with van der Waals surface area (Å²) in [5.41, 5.74) is 1.88. The molecule has 0 aromatic heterocycles. The standard InChI is InChI=1S/C16H17BrFN/c1-12(13-5-3-2-4-6-13)9-10-19-16-8-7-14(17)11-15(16)18/h2-8,11-12,19H,9-10H2,1H3. The van der Waals surface area contributed by atoms with Crippen molar-refractivity contribution in [2.24, 2.45) is 0 Å². The Hall–Kier alpha value is -1.35. The average Bonchev–Trinajstić information content (AvgIpc) is 2.42. The first-order chi connectivity index (χ1) is 9.16. The predicted molar refractivity (Wildman–Crippen MR) is 82.1 cm³/mol.